The van der Waals surface area contributed by atoms with Gasteiger partial charge in [0.05, 0.1) is 6.54 Å². The van der Waals surface area contributed by atoms with Crippen LogP contribution in [0.3, 0.4) is 0 Å². The quantitative estimate of drug-likeness (QED) is 0.568. The smallest absolute Gasteiger partial charge is 0.406 e. The minimum Gasteiger partial charge on any atom is -0.406 e. The number of nitrogens with zero attached hydrogens (tertiary/aromatic N) is 5. The fourth-order valence-electron chi connectivity index (χ4n) is 2.27. The molecule has 9 nitrogen and oxygen atoms in total. The standard InChI is InChI=1S/C16H13BrF3N7O2/c1-21-14-25-12(27(26-14)15-22-3-2-4-23-15)8-24-13(28)9-5-10(17)7-11(6-9)29-16(18,19)20/h2-7H,8H2,1H3,(H,21,26)(H,24,28). The van der Waals surface area contributed by atoms with Crippen LogP contribution in [0.4, 0.5) is 19.1 Å². The molecule has 29 heavy (non-hydrogen) atoms. The Labute approximate surface area is 170 Å². The monoisotopic (exact) mass is 471 g/mol. The molecule has 0 aliphatic rings. The van der Waals surface area contributed by atoms with Crippen molar-refractivity contribution >= 4 is 27.8 Å². The van der Waals surface area contributed by atoms with Crippen LogP contribution in [0.5, 0.6) is 5.75 Å². The van der Waals surface area contributed by atoms with E-state index in [4.69, 9.17) is 0 Å². The van der Waals surface area contributed by atoms with Gasteiger partial charge in [-0.1, -0.05) is 15.9 Å². The van der Waals surface area contributed by atoms with Crippen LogP contribution < -0.4 is 15.4 Å². The second kappa shape index (κ2) is 8.43. The molecule has 0 aliphatic heterocycles. The number of hydrogen-bond donors (Lipinski definition) is 2. The molecule has 13 heteroatoms. The summed E-state index contributed by atoms with van der Waals surface area (Å²) < 4.78 is 42.8. The molecule has 0 saturated heterocycles. The van der Waals surface area contributed by atoms with Crippen molar-refractivity contribution in [2.45, 2.75) is 12.9 Å². The van der Waals surface area contributed by atoms with E-state index in [0.717, 1.165) is 12.1 Å². The average molecular weight is 472 g/mol. The predicted octanol–water partition coefficient (Wildman–Crippen LogP) is 2.69. The lowest BCUT2D eigenvalue weighted by atomic mass is 10.2. The third kappa shape index (κ3) is 5.40. The SMILES string of the molecule is CNc1nc(CNC(=O)c2cc(Br)cc(OC(F)(F)F)c2)n(-c2ncccn2)n1. The van der Waals surface area contributed by atoms with Gasteiger partial charge in [0.15, 0.2) is 5.82 Å². The number of benzene rings is 1. The second-order valence-corrected chi connectivity index (χ2v) is 6.38. The van der Waals surface area contributed by atoms with E-state index in [9.17, 15) is 18.0 Å². The van der Waals surface area contributed by atoms with Crippen LogP contribution in [0.1, 0.15) is 16.2 Å². The van der Waals surface area contributed by atoms with Crippen LogP contribution >= 0.6 is 15.9 Å². The predicted molar refractivity (Wildman–Crippen MR) is 98.5 cm³/mol. The summed E-state index contributed by atoms with van der Waals surface area (Å²) in [4.78, 5) is 24.8. The zero-order chi connectivity index (χ0) is 21.0. The number of halogens is 4. The summed E-state index contributed by atoms with van der Waals surface area (Å²) in [5.74, 6) is -0.307. The van der Waals surface area contributed by atoms with Gasteiger partial charge in [-0.05, 0) is 24.3 Å². The van der Waals surface area contributed by atoms with Crippen molar-refractivity contribution in [3.8, 4) is 11.7 Å². The molecule has 3 rings (SSSR count). The van der Waals surface area contributed by atoms with E-state index in [0.29, 0.717) is 5.82 Å². The summed E-state index contributed by atoms with van der Waals surface area (Å²) in [6.07, 6.45) is -1.83. The first-order valence-corrected chi connectivity index (χ1v) is 8.80. The Hall–Kier alpha value is -3.22. The van der Waals surface area contributed by atoms with E-state index in [1.807, 2.05) is 0 Å². The molecule has 2 N–H and O–H groups in total. The van der Waals surface area contributed by atoms with Gasteiger partial charge in [0.2, 0.25) is 5.95 Å². The summed E-state index contributed by atoms with van der Waals surface area (Å²) >= 11 is 3.06. The number of nitrogens with one attached hydrogen (secondary N) is 2. The van der Waals surface area contributed by atoms with Crippen molar-refractivity contribution in [1.82, 2.24) is 30.0 Å². The van der Waals surface area contributed by atoms with Gasteiger partial charge < -0.3 is 15.4 Å². The zero-order valence-electron chi connectivity index (χ0n) is 14.7. The van der Waals surface area contributed by atoms with Gasteiger partial charge in [-0.3, -0.25) is 4.79 Å². The summed E-state index contributed by atoms with van der Waals surface area (Å²) in [5.41, 5.74) is -0.0329. The van der Waals surface area contributed by atoms with Crippen LogP contribution in [0.15, 0.2) is 41.1 Å². The molecule has 3 aromatic rings. The highest BCUT2D eigenvalue weighted by molar-refractivity contribution is 9.10. The number of alkyl halides is 3. The first-order valence-electron chi connectivity index (χ1n) is 8.01. The van der Waals surface area contributed by atoms with Crippen LogP contribution in [-0.4, -0.2) is 44.0 Å². The van der Waals surface area contributed by atoms with Crippen LogP contribution in [0.25, 0.3) is 5.95 Å². The fraction of sp³-hybridized carbons (Fsp3) is 0.188. The highest BCUT2D eigenvalue weighted by Crippen LogP contribution is 2.27. The Kier molecular flexibility index (Phi) is 5.96. The molecule has 0 fully saturated rings. The number of carbonyl (C=O) groups is 1. The first kappa shape index (κ1) is 20.5. The number of rotatable bonds is 6. The highest BCUT2D eigenvalue weighted by atomic mass is 79.9. The number of hydrogen-bond acceptors (Lipinski definition) is 7. The Bertz CT molecular complexity index is 1010. The van der Waals surface area contributed by atoms with Crippen LogP contribution in [0.2, 0.25) is 0 Å². The van der Waals surface area contributed by atoms with Crippen molar-refractivity contribution in [2.75, 3.05) is 12.4 Å². The highest BCUT2D eigenvalue weighted by Gasteiger charge is 2.31. The van der Waals surface area contributed by atoms with Gasteiger partial charge in [-0.15, -0.1) is 18.3 Å². The van der Waals surface area contributed by atoms with Gasteiger partial charge in [-0.2, -0.15) is 9.67 Å². The molecule has 0 bridgehead atoms. The summed E-state index contributed by atoms with van der Waals surface area (Å²) in [5, 5.41) is 9.53. The molecule has 0 spiro atoms. The minimum absolute atomic E-state index is 0.0329. The van der Waals surface area contributed by atoms with Crippen LogP contribution in [0, 0.1) is 0 Å². The largest absolute Gasteiger partial charge is 0.573 e. The molecular weight excluding hydrogens is 459 g/mol. The molecule has 1 amide bonds. The minimum atomic E-state index is -4.87. The van der Waals surface area contributed by atoms with E-state index in [-0.39, 0.29) is 28.5 Å². The van der Waals surface area contributed by atoms with Crippen molar-refractivity contribution in [3.63, 3.8) is 0 Å². The maximum absolute atomic E-state index is 12.4. The van der Waals surface area contributed by atoms with Gasteiger partial charge in [0.25, 0.3) is 11.9 Å². The summed E-state index contributed by atoms with van der Waals surface area (Å²) in [7, 11) is 1.62. The van der Waals surface area contributed by atoms with E-state index >= 15 is 0 Å². The van der Waals surface area contributed by atoms with Crippen molar-refractivity contribution in [1.29, 1.82) is 0 Å². The molecule has 0 atom stereocenters. The van der Waals surface area contributed by atoms with Gasteiger partial charge >= 0.3 is 6.36 Å². The zero-order valence-corrected chi connectivity index (χ0v) is 16.3. The van der Waals surface area contributed by atoms with Gasteiger partial charge in [0, 0.05) is 29.5 Å². The van der Waals surface area contributed by atoms with E-state index in [2.05, 4.69) is 51.4 Å². The molecule has 0 unspecified atom stereocenters. The topological polar surface area (TPSA) is 107 Å². The lowest BCUT2D eigenvalue weighted by molar-refractivity contribution is -0.274. The lowest BCUT2D eigenvalue weighted by Gasteiger charge is -2.11. The molecular formula is C16H13BrF3N7O2. The molecule has 0 radical (unpaired) electrons. The maximum Gasteiger partial charge on any atom is 0.573 e. The first-order chi connectivity index (χ1) is 13.7. The number of carbonyl (C=O) groups excluding carboxylic acids is 1. The molecule has 2 heterocycles. The Morgan fingerprint density at radius 2 is 1.97 bits per heavy atom. The normalized spacial score (nSPS) is 11.2. The third-order valence-corrected chi connectivity index (χ3v) is 3.87. The number of amides is 1. The summed E-state index contributed by atoms with van der Waals surface area (Å²) in [6.45, 7) is -0.0757. The van der Waals surface area contributed by atoms with Gasteiger partial charge in [-0.25, -0.2) is 9.97 Å². The average Bonchev–Trinajstić information content (AvgIpc) is 3.08. The number of aromatic nitrogens is 5. The molecule has 2 aromatic heterocycles. The second-order valence-electron chi connectivity index (χ2n) is 5.47. The number of anilines is 1. The Balaban J connectivity index is 1.79. The lowest BCUT2D eigenvalue weighted by Crippen LogP contribution is -2.25. The third-order valence-electron chi connectivity index (χ3n) is 3.41. The molecule has 0 aliphatic carbocycles. The number of ether oxygens (including phenoxy) is 1. The van der Waals surface area contributed by atoms with Crippen molar-refractivity contribution in [2.24, 2.45) is 0 Å². The van der Waals surface area contributed by atoms with Crippen LogP contribution in [-0.2, 0) is 6.54 Å². The Morgan fingerprint density at radius 3 is 2.62 bits per heavy atom. The molecule has 1 aromatic carbocycles. The van der Waals surface area contributed by atoms with Crippen molar-refractivity contribution in [3.05, 3.63) is 52.5 Å². The van der Waals surface area contributed by atoms with E-state index in [1.54, 1.807) is 13.1 Å². The summed E-state index contributed by atoms with van der Waals surface area (Å²) in [6, 6.07) is 5.09. The van der Waals surface area contributed by atoms with Gasteiger partial charge in [0.1, 0.15) is 5.75 Å². The fourth-order valence-corrected chi connectivity index (χ4v) is 2.75. The van der Waals surface area contributed by atoms with E-state index < -0.39 is 18.0 Å². The maximum atomic E-state index is 12.4. The van der Waals surface area contributed by atoms with E-state index in [1.165, 1.54) is 23.1 Å². The molecule has 152 valence electrons. The Morgan fingerprint density at radius 1 is 1.24 bits per heavy atom. The van der Waals surface area contributed by atoms with Crippen molar-refractivity contribution < 1.29 is 22.7 Å². The molecule has 0 saturated carbocycles.